The number of aromatic nitrogens is 4. The number of likely N-dealkylation sites (tertiary alicyclic amines) is 1. The first-order valence-electron chi connectivity index (χ1n) is 8.54. The van der Waals surface area contributed by atoms with Crippen LogP contribution in [0.25, 0.3) is 0 Å². The van der Waals surface area contributed by atoms with Gasteiger partial charge in [-0.15, -0.1) is 22.6 Å². The molecule has 2 heterocycles. The molecule has 1 aromatic heterocycles. The van der Waals surface area contributed by atoms with E-state index in [1.807, 2.05) is 0 Å². The van der Waals surface area contributed by atoms with Crippen molar-refractivity contribution in [3.8, 4) is 0 Å². The second kappa shape index (κ2) is 7.13. The van der Waals surface area contributed by atoms with Crippen LogP contribution in [0.15, 0.2) is 6.33 Å². The van der Waals surface area contributed by atoms with Gasteiger partial charge in [0.15, 0.2) is 6.33 Å². The first-order valence-corrected chi connectivity index (χ1v) is 8.54. The Labute approximate surface area is 142 Å². The Morgan fingerprint density at radius 2 is 1.96 bits per heavy atom. The molecule has 128 valence electrons. The number of rotatable bonds is 5. The van der Waals surface area contributed by atoms with Crippen LogP contribution in [0.5, 0.6) is 0 Å². The molecule has 1 aromatic rings. The Morgan fingerprint density at radius 3 is 2.61 bits per heavy atom. The number of carbonyl (C=O) groups is 1. The maximum Gasteiger partial charge on any atom is 0.243 e. The van der Waals surface area contributed by atoms with E-state index in [0.29, 0.717) is 12.0 Å². The van der Waals surface area contributed by atoms with Crippen molar-refractivity contribution < 1.29 is 4.79 Å². The second-order valence-corrected chi connectivity index (χ2v) is 7.03. The minimum atomic E-state index is 0. The van der Waals surface area contributed by atoms with E-state index in [9.17, 15) is 4.79 Å². The summed E-state index contributed by atoms with van der Waals surface area (Å²) in [6, 6.07) is 1.05. The van der Waals surface area contributed by atoms with Crippen molar-refractivity contribution in [3.05, 3.63) is 6.33 Å². The third-order valence-corrected chi connectivity index (χ3v) is 5.48. The van der Waals surface area contributed by atoms with E-state index in [2.05, 4.69) is 25.6 Å². The van der Waals surface area contributed by atoms with E-state index in [1.54, 1.807) is 0 Å². The fraction of sp³-hybridized carbons (Fsp3) is 0.867. The van der Waals surface area contributed by atoms with Crippen molar-refractivity contribution in [2.24, 2.45) is 11.8 Å². The summed E-state index contributed by atoms with van der Waals surface area (Å²) < 4.78 is 0. The summed E-state index contributed by atoms with van der Waals surface area (Å²) in [5.74, 6) is 1.45. The quantitative estimate of drug-likeness (QED) is 0.860. The molecule has 4 rings (SSSR count). The van der Waals surface area contributed by atoms with Crippen molar-refractivity contribution in [1.82, 2.24) is 30.4 Å². The van der Waals surface area contributed by atoms with Crippen LogP contribution < -0.4 is 5.32 Å². The van der Waals surface area contributed by atoms with E-state index < -0.39 is 0 Å². The predicted octanol–water partition coefficient (Wildman–Crippen LogP) is 0.864. The van der Waals surface area contributed by atoms with Gasteiger partial charge in [-0.3, -0.25) is 9.69 Å². The van der Waals surface area contributed by atoms with E-state index >= 15 is 0 Å². The summed E-state index contributed by atoms with van der Waals surface area (Å²) >= 11 is 0. The molecule has 1 amide bonds. The summed E-state index contributed by atoms with van der Waals surface area (Å²) in [6.45, 7) is 2.35. The fourth-order valence-electron chi connectivity index (χ4n) is 4.22. The molecule has 0 bridgehead atoms. The topological polar surface area (TPSA) is 75.9 Å². The molecular formula is C15H25ClN6O. The molecule has 3 fully saturated rings. The van der Waals surface area contributed by atoms with Crippen LogP contribution in [0.3, 0.4) is 0 Å². The average Bonchev–Trinajstić information content (AvgIpc) is 2.96. The summed E-state index contributed by atoms with van der Waals surface area (Å²) in [5, 5.41) is 14.5. The van der Waals surface area contributed by atoms with Gasteiger partial charge in [0, 0.05) is 25.2 Å². The normalized spacial score (nSPS) is 28.7. The van der Waals surface area contributed by atoms with E-state index in [-0.39, 0.29) is 24.9 Å². The van der Waals surface area contributed by atoms with Gasteiger partial charge >= 0.3 is 0 Å². The van der Waals surface area contributed by atoms with Gasteiger partial charge in [0.2, 0.25) is 5.91 Å². The molecule has 23 heavy (non-hydrogen) atoms. The highest BCUT2D eigenvalue weighted by Crippen LogP contribution is 2.42. The molecule has 0 unspecified atom stereocenters. The SMILES string of the molecule is Cl.O=C(Cn1ncnn1)N[C@H]1CN(C2CCCC2)C[C@@H]1C1CC1. The van der Waals surface area contributed by atoms with Gasteiger partial charge in [0.1, 0.15) is 6.54 Å². The van der Waals surface area contributed by atoms with Gasteiger partial charge in [0.05, 0.1) is 0 Å². The maximum atomic E-state index is 12.2. The van der Waals surface area contributed by atoms with Crippen molar-refractivity contribution in [2.45, 2.75) is 57.2 Å². The number of hydrogen-bond acceptors (Lipinski definition) is 5. The second-order valence-electron chi connectivity index (χ2n) is 7.03. The molecule has 0 spiro atoms. The Balaban J connectivity index is 0.00000156. The molecule has 2 aliphatic carbocycles. The van der Waals surface area contributed by atoms with Gasteiger partial charge in [-0.05, 0) is 42.7 Å². The Bertz CT molecular complexity index is 514. The zero-order chi connectivity index (χ0) is 14.9. The Hall–Kier alpha value is -1.21. The van der Waals surface area contributed by atoms with Crippen LogP contribution in [0.4, 0.5) is 0 Å². The fourth-order valence-corrected chi connectivity index (χ4v) is 4.22. The van der Waals surface area contributed by atoms with Gasteiger partial charge < -0.3 is 5.32 Å². The van der Waals surface area contributed by atoms with Gasteiger partial charge in [0.25, 0.3) is 0 Å². The van der Waals surface area contributed by atoms with Crippen molar-refractivity contribution in [3.63, 3.8) is 0 Å². The van der Waals surface area contributed by atoms with Crippen LogP contribution in [0, 0.1) is 11.8 Å². The number of nitrogens with one attached hydrogen (secondary N) is 1. The summed E-state index contributed by atoms with van der Waals surface area (Å²) in [7, 11) is 0. The summed E-state index contributed by atoms with van der Waals surface area (Å²) in [4.78, 5) is 16.2. The largest absolute Gasteiger partial charge is 0.350 e. The Morgan fingerprint density at radius 1 is 1.17 bits per heavy atom. The monoisotopic (exact) mass is 340 g/mol. The minimum Gasteiger partial charge on any atom is -0.350 e. The van der Waals surface area contributed by atoms with Crippen molar-refractivity contribution in [2.75, 3.05) is 13.1 Å². The number of halogens is 1. The smallest absolute Gasteiger partial charge is 0.243 e. The zero-order valence-corrected chi connectivity index (χ0v) is 14.1. The van der Waals surface area contributed by atoms with Crippen LogP contribution in [-0.2, 0) is 11.3 Å². The highest BCUT2D eigenvalue weighted by Gasteiger charge is 2.44. The highest BCUT2D eigenvalue weighted by atomic mass is 35.5. The van der Waals surface area contributed by atoms with E-state index in [4.69, 9.17) is 0 Å². The molecule has 2 atom stereocenters. The lowest BCUT2D eigenvalue weighted by atomic mass is 9.98. The number of tetrazole rings is 1. The lowest BCUT2D eigenvalue weighted by Gasteiger charge is -2.23. The van der Waals surface area contributed by atoms with Crippen LogP contribution in [-0.4, -0.2) is 56.2 Å². The van der Waals surface area contributed by atoms with Crippen LogP contribution >= 0.6 is 12.4 Å². The number of hydrogen-bond donors (Lipinski definition) is 1. The first kappa shape index (κ1) is 16.6. The van der Waals surface area contributed by atoms with Crippen molar-refractivity contribution >= 4 is 18.3 Å². The highest BCUT2D eigenvalue weighted by molar-refractivity contribution is 5.85. The molecule has 2 saturated carbocycles. The Kier molecular flexibility index (Phi) is 5.16. The van der Waals surface area contributed by atoms with Crippen LogP contribution in [0.2, 0.25) is 0 Å². The van der Waals surface area contributed by atoms with Gasteiger partial charge in [-0.25, -0.2) is 0 Å². The molecule has 0 aromatic carbocycles. The van der Waals surface area contributed by atoms with Gasteiger partial charge in [-0.2, -0.15) is 4.80 Å². The molecular weight excluding hydrogens is 316 g/mol. The average molecular weight is 341 g/mol. The number of nitrogens with zero attached hydrogens (tertiary/aromatic N) is 5. The molecule has 0 radical (unpaired) electrons. The molecule has 1 aliphatic heterocycles. The third-order valence-electron chi connectivity index (χ3n) is 5.48. The number of carbonyl (C=O) groups excluding carboxylic acids is 1. The van der Waals surface area contributed by atoms with Crippen molar-refractivity contribution in [1.29, 1.82) is 0 Å². The standard InChI is InChI=1S/C15H24N6O.ClH/c22-15(9-21-17-10-16-19-21)18-14-8-20(12-3-1-2-4-12)7-13(14)11-5-6-11;/h10-14H,1-9H2,(H,18,22);1H/t13-,14+;/m1./s1. The molecule has 1 N–H and O–H groups in total. The van der Waals surface area contributed by atoms with Crippen LogP contribution in [0.1, 0.15) is 38.5 Å². The summed E-state index contributed by atoms with van der Waals surface area (Å²) in [6.07, 6.45) is 9.43. The summed E-state index contributed by atoms with van der Waals surface area (Å²) in [5.41, 5.74) is 0. The third kappa shape index (κ3) is 3.83. The minimum absolute atomic E-state index is 0. The lowest BCUT2D eigenvalue weighted by Crippen LogP contribution is -2.43. The van der Waals surface area contributed by atoms with Gasteiger partial charge in [-0.1, -0.05) is 12.8 Å². The molecule has 3 aliphatic rings. The van der Waals surface area contributed by atoms with E-state index in [1.165, 1.54) is 56.2 Å². The molecule has 8 heteroatoms. The predicted molar refractivity (Wildman–Crippen MR) is 87.0 cm³/mol. The van der Waals surface area contributed by atoms with E-state index in [0.717, 1.165) is 18.5 Å². The maximum absolute atomic E-state index is 12.2. The molecule has 7 nitrogen and oxygen atoms in total. The first-order chi connectivity index (χ1) is 10.8. The lowest BCUT2D eigenvalue weighted by molar-refractivity contribution is -0.123. The number of amides is 1. The molecule has 1 saturated heterocycles. The zero-order valence-electron chi connectivity index (χ0n) is 13.3.